The zero-order valence-electron chi connectivity index (χ0n) is 16.3. The van der Waals surface area contributed by atoms with Crippen LogP contribution in [0.3, 0.4) is 0 Å². The molecule has 9 heteroatoms. The van der Waals surface area contributed by atoms with E-state index in [2.05, 4.69) is 20.7 Å². The number of hydrogen-bond acceptors (Lipinski definition) is 6. The topological polar surface area (TPSA) is 81.1 Å². The lowest BCUT2D eigenvalue weighted by Crippen LogP contribution is -2.52. The van der Waals surface area contributed by atoms with Crippen LogP contribution in [0.4, 0.5) is 5.13 Å². The minimum Gasteiger partial charge on any atom is -0.497 e. The first kappa shape index (κ1) is 21.3. The molecule has 0 spiro atoms. The third kappa shape index (κ3) is 4.14. The molecule has 0 unspecified atom stereocenters. The number of rotatable bonds is 5. The lowest BCUT2D eigenvalue weighted by Gasteiger charge is -2.36. The average Bonchev–Trinajstić information content (AvgIpc) is 3.39. The molecule has 1 aliphatic rings. The maximum Gasteiger partial charge on any atom is 0.254 e. The van der Waals surface area contributed by atoms with E-state index in [0.29, 0.717) is 18.0 Å². The number of amides is 1. The Kier molecular flexibility index (Phi) is 6.56. The van der Waals surface area contributed by atoms with Crippen molar-refractivity contribution >= 4 is 34.8 Å². The molecule has 2 N–H and O–H groups in total. The van der Waals surface area contributed by atoms with Gasteiger partial charge in [0.15, 0.2) is 5.13 Å². The number of aromatic nitrogens is 3. The summed E-state index contributed by atoms with van der Waals surface area (Å²) in [5.41, 5.74) is 1.19. The van der Waals surface area contributed by atoms with Crippen molar-refractivity contribution < 1.29 is 9.53 Å². The van der Waals surface area contributed by atoms with Crippen molar-refractivity contribution in [3.8, 4) is 17.0 Å². The fourth-order valence-corrected chi connectivity index (χ4v) is 4.43. The van der Waals surface area contributed by atoms with Crippen LogP contribution in [0.1, 0.15) is 17.7 Å². The second kappa shape index (κ2) is 8.94. The molecule has 3 heterocycles. The van der Waals surface area contributed by atoms with Crippen LogP contribution in [0.25, 0.3) is 11.3 Å². The number of anilines is 1. The van der Waals surface area contributed by atoms with Crippen LogP contribution >= 0.6 is 23.7 Å². The van der Waals surface area contributed by atoms with Gasteiger partial charge >= 0.3 is 0 Å². The van der Waals surface area contributed by atoms with Crippen LogP contribution in [0.2, 0.25) is 0 Å². The molecule has 1 fully saturated rings. The monoisotopic (exact) mass is 433 g/mol. The molecule has 1 amide bonds. The second-order valence-corrected chi connectivity index (χ2v) is 8.04. The molecule has 0 aliphatic carbocycles. The summed E-state index contributed by atoms with van der Waals surface area (Å²) in [5.74, 6) is 0.741. The number of carbonyl (C=O) groups excluding carboxylic acids is 1. The normalized spacial score (nSPS) is 15.4. The van der Waals surface area contributed by atoms with Crippen molar-refractivity contribution in [3.63, 3.8) is 0 Å². The molecule has 7 nitrogen and oxygen atoms in total. The van der Waals surface area contributed by atoms with Gasteiger partial charge in [-0.25, -0.2) is 4.98 Å². The van der Waals surface area contributed by atoms with Gasteiger partial charge in [-0.15, -0.1) is 23.7 Å². The van der Waals surface area contributed by atoms with Gasteiger partial charge in [0, 0.05) is 22.8 Å². The lowest BCUT2D eigenvalue weighted by atomic mass is 9.87. The van der Waals surface area contributed by atoms with Crippen molar-refractivity contribution in [1.82, 2.24) is 20.1 Å². The molecule has 1 saturated heterocycles. The zero-order chi connectivity index (χ0) is 19.6. The number of ether oxygens (including phenoxy) is 1. The molecule has 0 saturated carbocycles. The number of halogens is 1. The molecule has 1 aliphatic heterocycles. The van der Waals surface area contributed by atoms with E-state index in [9.17, 15) is 4.79 Å². The summed E-state index contributed by atoms with van der Waals surface area (Å²) in [5, 5.41) is 11.3. The number of nitrogens with one attached hydrogen (secondary N) is 2. The van der Waals surface area contributed by atoms with Gasteiger partial charge in [0.25, 0.3) is 5.91 Å². The quantitative estimate of drug-likeness (QED) is 0.644. The van der Waals surface area contributed by atoms with Crippen LogP contribution in [-0.2, 0) is 10.3 Å². The summed E-state index contributed by atoms with van der Waals surface area (Å²) < 4.78 is 7.00. The highest BCUT2D eigenvalue weighted by Gasteiger charge is 2.42. The Hall–Kier alpha value is -2.42. The molecule has 0 radical (unpaired) electrons. The van der Waals surface area contributed by atoms with Crippen molar-refractivity contribution in [1.29, 1.82) is 0 Å². The molecular formula is C20H24ClN5O2S. The average molecular weight is 434 g/mol. The van der Waals surface area contributed by atoms with Crippen molar-refractivity contribution in [2.45, 2.75) is 25.3 Å². The Balaban J connectivity index is 0.00000240. The zero-order valence-corrected chi connectivity index (χ0v) is 18.0. The van der Waals surface area contributed by atoms with E-state index in [1.807, 2.05) is 43.5 Å². The van der Waals surface area contributed by atoms with Crippen LogP contribution in [0, 0.1) is 6.92 Å². The summed E-state index contributed by atoms with van der Waals surface area (Å²) in [7, 11) is 1.65. The third-order valence-corrected chi connectivity index (χ3v) is 6.06. The maximum atomic E-state index is 13.3. The minimum atomic E-state index is -0.686. The van der Waals surface area contributed by atoms with E-state index < -0.39 is 5.54 Å². The van der Waals surface area contributed by atoms with Crippen LogP contribution < -0.4 is 15.4 Å². The van der Waals surface area contributed by atoms with Gasteiger partial charge in [0.2, 0.25) is 0 Å². The van der Waals surface area contributed by atoms with Gasteiger partial charge < -0.3 is 10.1 Å². The van der Waals surface area contributed by atoms with Gasteiger partial charge in [-0.3, -0.25) is 14.8 Å². The summed E-state index contributed by atoms with van der Waals surface area (Å²) in [6.45, 7) is 3.57. The summed E-state index contributed by atoms with van der Waals surface area (Å²) in [4.78, 5) is 19.0. The number of benzene rings is 1. The predicted octanol–water partition coefficient (Wildman–Crippen LogP) is 3.46. The highest BCUT2D eigenvalue weighted by molar-refractivity contribution is 7.16. The fourth-order valence-electron chi connectivity index (χ4n) is 3.60. The van der Waals surface area contributed by atoms with E-state index in [0.717, 1.165) is 35.0 Å². The largest absolute Gasteiger partial charge is 0.497 e. The smallest absolute Gasteiger partial charge is 0.254 e. The van der Waals surface area contributed by atoms with E-state index >= 15 is 0 Å². The molecular weight excluding hydrogens is 410 g/mol. The molecule has 3 aromatic rings. The number of carbonyl (C=O) groups is 1. The van der Waals surface area contributed by atoms with Gasteiger partial charge in [-0.05, 0) is 63.2 Å². The van der Waals surface area contributed by atoms with Crippen LogP contribution in [0.5, 0.6) is 5.75 Å². The van der Waals surface area contributed by atoms with E-state index in [4.69, 9.17) is 4.74 Å². The summed E-state index contributed by atoms with van der Waals surface area (Å²) >= 11 is 1.49. The Bertz CT molecular complexity index is 950. The van der Waals surface area contributed by atoms with Crippen LogP contribution in [0.15, 0.2) is 42.7 Å². The van der Waals surface area contributed by atoms with E-state index in [1.165, 1.54) is 11.3 Å². The first-order valence-corrected chi connectivity index (χ1v) is 10.1. The maximum absolute atomic E-state index is 13.3. The summed E-state index contributed by atoms with van der Waals surface area (Å²) in [6, 6.07) is 9.63. The van der Waals surface area contributed by atoms with Crippen molar-refractivity contribution in [2.24, 2.45) is 0 Å². The van der Waals surface area contributed by atoms with E-state index in [-0.39, 0.29) is 18.3 Å². The first-order valence-electron chi connectivity index (χ1n) is 9.26. The van der Waals surface area contributed by atoms with Crippen LogP contribution in [-0.4, -0.2) is 40.9 Å². The first-order chi connectivity index (χ1) is 13.6. The number of aryl methyl sites for hydroxylation is 1. The SMILES string of the molecule is COc1ccc(-c2nc(NC(=O)C3(n4cccn4)CCNCC3)sc2C)cc1.Cl. The van der Waals surface area contributed by atoms with Gasteiger partial charge in [0.1, 0.15) is 11.3 Å². The highest BCUT2D eigenvalue weighted by Crippen LogP contribution is 2.33. The Morgan fingerprint density at radius 2 is 2.00 bits per heavy atom. The number of nitrogens with zero attached hydrogens (tertiary/aromatic N) is 3. The standard InChI is InChI=1S/C20H23N5O2S.ClH/c1-14-17(15-4-6-16(27-2)7-5-15)23-19(28-14)24-18(26)20(8-11-21-12-9-20)25-13-3-10-22-25;/h3-7,10,13,21H,8-9,11-12H2,1-2H3,(H,23,24,26);1H. The Morgan fingerprint density at radius 3 is 2.62 bits per heavy atom. The number of piperidine rings is 1. The molecule has 154 valence electrons. The molecule has 0 bridgehead atoms. The number of thiazole rings is 1. The predicted molar refractivity (Wildman–Crippen MR) is 117 cm³/mol. The second-order valence-electron chi connectivity index (χ2n) is 6.84. The number of methoxy groups -OCH3 is 1. The third-order valence-electron chi connectivity index (χ3n) is 5.18. The van der Waals surface area contributed by atoms with Gasteiger partial charge in [-0.2, -0.15) is 5.10 Å². The Labute approximate surface area is 179 Å². The summed E-state index contributed by atoms with van der Waals surface area (Å²) in [6.07, 6.45) is 4.96. The Morgan fingerprint density at radius 1 is 1.28 bits per heavy atom. The van der Waals surface area contributed by atoms with Gasteiger partial charge in [0.05, 0.1) is 12.8 Å². The van der Waals surface area contributed by atoms with Crippen molar-refractivity contribution in [3.05, 3.63) is 47.6 Å². The number of hydrogen-bond donors (Lipinski definition) is 2. The molecule has 4 rings (SSSR count). The van der Waals surface area contributed by atoms with Gasteiger partial charge in [-0.1, -0.05) is 0 Å². The molecule has 2 aromatic heterocycles. The molecule has 29 heavy (non-hydrogen) atoms. The van der Waals surface area contributed by atoms with Crippen molar-refractivity contribution in [2.75, 3.05) is 25.5 Å². The fraction of sp³-hybridized carbons (Fsp3) is 0.350. The molecule has 0 atom stereocenters. The minimum absolute atomic E-state index is 0. The lowest BCUT2D eigenvalue weighted by molar-refractivity contribution is -0.126. The molecule has 1 aromatic carbocycles. The highest BCUT2D eigenvalue weighted by atomic mass is 35.5. The van der Waals surface area contributed by atoms with E-state index in [1.54, 1.807) is 18.0 Å².